The highest BCUT2D eigenvalue weighted by molar-refractivity contribution is 14.1. The standard InChI is InChI=1S/C29H22F2IN3O5.2C26H22F2IN3O6/c1-16-4-7-18(30)12-23(16)40-24-14-25(36)33(2)27-26(24)28(37)34(15-17-5-9-20(39-3)10-6-17)29(38)35(27)22-11-8-19(32)13-21(22)31;2*1-26(2)36-13-17(38-26)12-31-24(34)22-20(37-16-6-4-5-14(27)9-16)11-21(33)30(3)23(22)32(25(31)35)19-8-7-15(29)10-18(19)28/h4-14H,15H2,1-3H3;2*4-11,17H,12-13H2,1-3H3/t;2*17-/m.10/s1. The molecule has 35 heteroatoms. The van der Waals surface area contributed by atoms with Crippen molar-refractivity contribution in [2.24, 2.45) is 21.1 Å². The predicted molar refractivity (Wildman–Crippen MR) is 441 cm³/mol. The molecule has 0 saturated carbocycles. The Morgan fingerprint density at radius 1 is 0.414 bits per heavy atom. The first kappa shape index (κ1) is 83.0. The minimum atomic E-state index is -0.915. The number of rotatable bonds is 16. The molecule has 2 fully saturated rings. The van der Waals surface area contributed by atoms with Crippen LogP contribution in [0.4, 0.5) is 26.3 Å². The Morgan fingerprint density at radius 3 is 1.13 bits per heavy atom. The largest absolute Gasteiger partial charge is 0.497 e. The number of benzene rings is 7. The van der Waals surface area contributed by atoms with Crippen LogP contribution in [0.1, 0.15) is 38.8 Å². The lowest BCUT2D eigenvalue weighted by atomic mass is 10.2. The summed E-state index contributed by atoms with van der Waals surface area (Å²) in [5.41, 5.74) is -6.73. The topological polar surface area (TPSA) is 272 Å². The van der Waals surface area contributed by atoms with Gasteiger partial charge in [-0.3, -0.25) is 56.2 Å². The Balaban J connectivity index is 0.000000151. The Labute approximate surface area is 692 Å². The molecule has 6 aromatic heterocycles. The molecular weight excluding hydrogens is 1870 g/mol. The summed E-state index contributed by atoms with van der Waals surface area (Å²) in [4.78, 5) is 122. The van der Waals surface area contributed by atoms with Crippen LogP contribution in [-0.2, 0) is 59.7 Å². The Hall–Kier alpha value is -11.0. The van der Waals surface area contributed by atoms with Crippen molar-refractivity contribution in [3.63, 3.8) is 0 Å². The van der Waals surface area contributed by atoms with Gasteiger partial charge in [0.2, 0.25) is 0 Å². The molecule has 2 saturated heterocycles. The zero-order chi connectivity index (χ0) is 83.4. The van der Waals surface area contributed by atoms with Gasteiger partial charge in [0, 0.05) is 68.3 Å². The number of ether oxygens (including phenoxy) is 8. The van der Waals surface area contributed by atoms with Crippen LogP contribution in [-0.4, -0.2) is 85.2 Å². The number of halogens is 9. The third-order valence-corrected chi connectivity index (χ3v) is 20.7. The molecule has 13 aromatic rings. The van der Waals surface area contributed by atoms with Crippen LogP contribution in [0.25, 0.3) is 50.2 Å². The third kappa shape index (κ3) is 17.0. The van der Waals surface area contributed by atoms with Crippen LogP contribution < -0.4 is 69.4 Å². The van der Waals surface area contributed by atoms with Crippen molar-refractivity contribution in [1.29, 1.82) is 0 Å². The van der Waals surface area contributed by atoms with Gasteiger partial charge in [-0.25, -0.2) is 54.4 Å². The number of pyridine rings is 3. The highest BCUT2D eigenvalue weighted by Gasteiger charge is 2.37. The van der Waals surface area contributed by atoms with Crippen LogP contribution in [0.15, 0.2) is 207 Å². The highest BCUT2D eigenvalue weighted by Crippen LogP contribution is 2.35. The molecule has 0 unspecified atom stereocenters. The Bertz CT molecular complexity index is 6500. The summed E-state index contributed by atoms with van der Waals surface area (Å²) in [6.45, 7) is 8.17. The molecule has 0 spiro atoms. The molecule has 0 N–H and O–H groups in total. The van der Waals surface area contributed by atoms with Crippen molar-refractivity contribution >= 4 is 101 Å². The fraction of sp³-hybridized carbons (Fsp3) is 0.222. The summed E-state index contributed by atoms with van der Waals surface area (Å²) in [6.07, 6.45) is -1.30. The minimum Gasteiger partial charge on any atom is -0.497 e. The molecular formula is C81H66F6I3N9O17. The van der Waals surface area contributed by atoms with Crippen molar-refractivity contribution in [3.05, 3.63) is 314 Å². The van der Waals surface area contributed by atoms with Gasteiger partial charge in [-0.15, -0.1) is 0 Å². The molecule has 0 amide bonds. The van der Waals surface area contributed by atoms with E-state index in [0.717, 1.165) is 77.5 Å². The van der Waals surface area contributed by atoms with Gasteiger partial charge in [0.1, 0.15) is 120 Å². The van der Waals surface area contributed by atoms with Gasteiger partial charge in [0.25, 0.3) is 33.4 Å². The Kier molecular flexibility index (Phi) is 23.8. The molecule has 0 radical (unpaired) electrons. The van der Waals surface area contributed by atoms with E-state index < -0.39 is 109 Å². The fourth-order valence-corrected chi connectivity index (χ4v) is 14.5. The Morgan fingerprint density at radius 2 is 0.776 bits per heavy atom. The van der Waals surface area contributed by atoms with E-state index in [0.29, 0.717) is 27.6 Å². The number of hydrogen-bond donors (Lipinski definition) is 0. The lowest BCUT2D eigenvalue weighted by molar-refractivity contribution is -0.140. The maximum absolute atomic E-state index is 15.3. The van der Waals surface area contributed by atoms with Gasteiger partial charge in [0.15, 0.2) is 11.6 Å². The van der Waals surface area contributed by atoms with Crippen molar-refractivity contribution in [2.45, 2.75) is 78.0 Å². The summed E-state index contributed by atoms with van der Waals surface area (Å²) < 4.78 is 144. The average molecular weight is 1930 g/mol. The zero-order valence-corrected chi connectivity index (χ0v) is 69.1. The van der Waals surface area contributed by atoms with Crippen LogP contribution >= 0.6 is 67.8 Å². The van der Waals surface area contributed by atoms with E-state index in [-0.39, 0.29) is 118 Å². The summed E-state index contributed by atoms with van der Waals surface area (Å²) in [5.74, 6) is -5.70. The summed E-state index contributed by atoms with van der Waals surface area (Å²) >= 11 is 5.80. The quantitative estimate of drug-likeness (QED) is 0.0642. The summed E-state index contributed by atoms with van der Waals surface area (Å²) in [7, 11) is 5.60. The monoisotopic (exact) mass is 1930 g/mol. The SMILES string of the molecule is COc1ccc(Cn2c(=O)c3c(Oc4cc(F)ccc4C)cc(=O)n(C)c3n(-c3ccc(I)cc3F)c2=O)cc1.Cn1c(=O)cc(Oc2cccc(F)c2)c2c(=O)n(C[C@@H]3COC(C)(C)O3)c(=O)n(-c3ccc(I)cc3F)c21.Cn1c(=O)cc(Oc2cccc(F)c2)c2c(=O)n(C[C@H]3COC(C)(C)O3)c(=O)n(-c3ccc(I)cc3F)c21. The van der Waals surface area contributed by atoms with Crippen molar-refractivity contribution in [3.8, 4) is 57.3 Å². The first-order valence-corrected chi connectivity index (χ1v) is 38.3. The summed E-state index contributed by atoms with van der Waals surface area (Å²) in [5, 5.41) is -0.504. The van der Waals surface area contributed by atoms with Crippen molar-refractivity contribution in [2.75, 3.05) is 20.3 Å². The maximum Gasteiger partial charge on any atom is 0.337 e. The number of hydrogen-bond acceptors (Lipinski definition) is 17. The maximum atomic E-state index is 15.3. The minimum absolute atomic E-state index is 0.0259. The van der Waals surface area contributed by atoms with Crippen LogP contribution in [0.5, 0.6) is 40.2 Å². The van der Waals surface area contributed by atoms with Crippen LogP contribution in [0.2, 0.25) is 0 Å². The molecule has 26 nitrogen and oxygen atoms in total. The average Bonchev–Trinajstić information content (AvgIpc) is 0.848. The van der Waals surface area contributed by atoms with E-state index in [9.17, 15) is 56.3 Å². The van der Waals surface area contributed by atoms with Crippen LogP contribution in [0, 0.1) is 52.5 Å². The van der Waals surface area contributed by atoms with Gasteiger partial charge in [-0.1, -0.05) is 30.3 Å². The van der Waals surface area contributed by atoms with Gasteiger partial charge < -0.3 is 37.9 Å². The van der Waals surface area contributed by atoms with E-state index >= 15 is 13.2 Å². The first-order valence-electron chi connectivity index (χ1n) is 35.1. The van der Waals surface area contributed by atoms with Gasteiger partial charge in [-0.2, -0.15) is 0 Å². The third-order valence-electron chi connectivity index (χ3n) is 18.7. The molecule has 8 heterocycles. The lowest BCUT2D eigenvalue weighted by Gasteiger charge is -2.20. The first-order chi connectivity index (χ1) is 55.0. The number of aromatic nitrogens is 9. The molecule has 2 aliphatic rings. The molecule has 15 rings (SSSR count). The normalized spacial score (nSPS) is 14.8. The number of fused-ring (bicyclic) bond motifs is 3. The number of aryl methyl sites for hydroxylation is 4. The molecule has 2 aliphatic heterocycles. The zero-order valence-electron chi connectivity index (χ0n) is 62.6. The number of nitrogens with zero attached hydrogens (tertiary/aromatic N) is 9. The smallest absolute Gasteiger partial charge is 0.337 e. The molecule has 2 atom stereocenters. The molecule has 0 bridgehead atoms. The lowest BCUT2D eigenvalue weighted by Crippen LogP contribution is -2.44. The highest BCUT2D eigenvalue weighted by atomic mass is 127. The number of methoxy groups -OCH3 is 1. The summed E-state index contributed by atoms with van der Waals surface area (Å²) in [6, 6.07) is 36.8. The molecule has 600 valence electrons. The van der Waals surface area contributed by atoms with E-state index in [1.807, 2.05) is 67.8 Å². The predicted octanol–water partition coefficient (Wildman–Crippen LogP) is 12.2. The molecule has 7 aromatic carbocycles. The molecule has 116 heavy (non-hydrogen) atoms. The molecule has 0 aliphatic carbocycles. The van der Waals surface area contributed by atoms with Gasteiger partial charge in [-0.05, 0) is 211 Å². The van der Waals surface area contributed by atoms with Crippen molar-refractivity contribution < 1.29 is 64.2 Å². The van der Waals surface area contributed by atoms with Crippen LogP contribution in [0.3, 0.4) is 0 Å². The second-order valence-corrected chi connectivity index (χ2v) is 31.3. The van der Waals surface area contributed by atoms with Gasteiger partial charge in [0.05, 0.1) is 57.0 Å². The fourth-order valence-electron chi connectivity index (χ4n) is 13.2. The van der Waals surface area contributed by atoms with E-state index in [2.05, 4.69) is 0 Å². The van der Waals surface area contributed by atoms with E-state index in [4.69, 9.17) is 37.9 Å². The van der Waals surface area contributed by atoms with E-state index in [1.165, 1.54) is 113 Å². The van der Waals surface area contributed by atoms with Gasteiger partial charge >= 0.3 is 17.1 Å². The second kappa shape index (κ2) is 33.3. The van der Waals surface area contributed by atoms with Crippen molar-refractivity contribution in [1.82, 2.24) is 41.1 Å². The second-order valence-electron chi connectivity index (χ2n) is 27.6. The van der Waals surface area contributed by atoms with E-state index in [1.54, 1.807) is 77.1 Å².